The molecular formula is C10H15NO4. The third-order valence-electron chi connectivity index (χ3n) is 1.90. The zero-order chi connectivity index (χ0) is 11.4. The van der Waals surface area contributed by atoms with E-state index in [0.717, 1.165) is 5.56 Å². The number of benzene rings is 1. The largest absolute Gasteiger partial charge is 0.504 e. The summed E-state index contributed by atoms with van der Waals surface area (Å²) in [6, 6.07) is 4.57. The van der Waals surface area contributed by atoms with Crippen LogP contribution in [0.4, 0.5) is 0 Å². The molecule has 84 valence electrons. The van der Waals surface area contributed by atoms with E-state index in [1.54, 1.807) is 13.0 Å². The number of nitrogens with zero attached hydrogens (tertiary/aromatic N) is 1. The first-order valence-corrected chi connectivity index (χ1v) is 4.59. The Morgan fingerprint density at radius 2 is 2.00 bits per heavy atom. The molecule has 0 radical (unpaired) electrons. The molecule has 0 aliphatic carbocycles. The average Bonchev–Trinajstić information content (AvgIpc) is 2.10. The fourth-order valence-electron chi connectivity index (χ4n) is 1.33. The minimum Gasteiger partial charge on any atom is -0.504 e. The van der Waals surface area contributed by atoms with Gasteiger partial charge < -0.3 is 10.2 Å². The van der Waals surface area contributed by atoms with Crippen LogP contribution >= 0.6 is 0 Å². The highest BCUT2D eigenvalue weighted by atomic mass is 16.9. The van der Waals surface area contributed by atoms with E-state index in [9.17, 15) is 5.11 Å². The SMILES string of the molecule is CC(Cc1ccc(O)c(O)c1)ON(C)O. The Kier molecular flexibility index (Phi) is 3.90. The molecule has 5 nitrogen and oxygen atoms in total. The second-order valence-corrected chi connectivity index (χ2v) is 3.41. The lowest BCUT2D eigenvalue weighted by atomic mass is 10.1. The molecule has 1 atom stereocenters. The minimum atomic E-state index is -0.219. The number of hydroxylamine groups is 2. The quantitative estimate of drug-likeness (QED) is 0.519. The molecule has 0 bridgehead atoms. The molecule has 0 amide bonds. The zero-order valence-corrected chi connectivity index (χ0v) is 8.71. The van der Waals surface area contributed by atoms with Crippen LogP contribution in [0.1, 0.15) is 12.5 Å². The fraction of sp³-hybridized carbons (Fsp3) is 0.400. The first kappa shape index (κ1) is 11.8. The summed E-state index contributed by atoms with van der Waals surface area (Å²) in [7, 11) is 1.38. The number of phenols is 2. The van der Waals surface area contributed by atoms with Crippen LogP contribution in [0.3, 0.4) is 0 Å². The van der Waals surface area contributed by atoms with E-state index in [2.05, 4.69) is 0 Å². The highest BCUT2D eigenvalue weighted by molar-refractivity contribution is 5.40. The highest BCUT2D eigenvalue weighted by Gasteiger charge is 2.08. The lowest BCUT2D eigenvalue weighted by Crippen LogP contribution is -2.22. The van der Waals surface area contributed by atoms with E-state index in [4.69, 9.17) is 15.2 Å². The van der Waals surface area contributed by atoms with Gasteiger partial charge >= 0.3 is 0 Å². The molecule has 0 spiro atoms. The Labute approximate surface area is 88.1 Å². The normalized spacial score (nSPS) is 13.1. The summed E-state index contributed by atoms with van der Waals surface area (Å²) in [5, 5.41) is 27.8. The molecule has 1 aromatic rings. The van der Waals surface area contributed by atoms with Crippen molar-refractivity contribution in [2.45, 2.75) is 19.4 Å². The second-order valence-electron chi connectivity index (χ2n) is 3.41. The van der Waals surface area contributed by atoms with Crippen molar-refractivity contribution in [1.82, 2.24) is 5.23 Å². The Bertz CT molecular complexity index is 327. The first-order valence-electron chi connectivity index (χ1n) is 4.59. The van der Waals surface area contributed by atoms with Crippen LogP contribution in [0, 0.1) is 0 Å². The van der Waals surface area contributed by atoms with Crippen molar-refractivity contribution in [2.75, 3.05) is 7.05 Å². The van der Waals surface area contributed by atoms with Gasteiger partial charge in [-0.2, -0.15) is 0 Å². The molecule has 0 aliphatic rings. The lowest BCUT2D eigenvalue weighted by Gasteiger charge is -2.16. The number of aromatic hydroxyl groups is 2. The van der Waals surface area contributed by atoms with Crippen LogP contribution in [0.15, 0.2) is 18.2 Å². The van der Waals surface area contributed by atoms with Crippen LogP contribution in [-0.2, 0) is 11.3 Å². The third kappa shape index (κ3) is 3.75. The molecule has 0 saturated carbocycles. The third-order valence-corrected chi connectivity index (χ3v) is 1.90. The van der Waals surface area contributed by atoms with Crippen molar-refractivity contribution in [3.8, 4) is 11.5 Å². The van der Waals surface area contributed by atoms with E-state index in [-0.39, 0.29) is 17.6 Å². The molecule has 0 aliphatic heterocycles. The van der Waals surface area contributed by atoms with Crippen LogP contribution in [-0.4, -0.2) is 33.8 Å². The van der Waals surface area contributed by atoms with Gasteiger partial charge in [-0.15, -0.1) is 0 Å². The van der Waals surface area contributed by atoms with Crippen molar-refractivity contribution in [1.29, 1.82) is 0 Å². The van der Waals surface area contributed by atoms with Crippen molar-refractivity contribution < 1.29 is 20.3 Å². The van der Waals surface area contributed by atoms with Gasteiger partial charge in [0.15, 0.2) is 11.5 Å². The number of phenolic OH excluding ortho intramolecular Hbond substituents is 2. The molecule has 5 heteroatoms. The van der Waals surface area contributed by atoms with Crippen LogP contribution in [0.5, 0.6) is 11.5 Å². The number of hydrogen-bond acceptors (Lipinski definition) is 5. The van der Waals surface area contributed by atoms with E-state index in [1.807, 2.05) is 0 Å². The van der Waals surface area contributed by atoms with Gasteiger partial charge in [-0.05, 0) is 24.6 Å². The summed E-state index contributed by atoms with van der Waals surface area (Å²) in [6.07, 6.45) is 0.308. The maximum absolute atomic E-state index is 9.24. The van der Waals surface area contributed by atoms with Gasteiger partial charge in [-0.1, -0.05) is 11.3 Å². The summed E-state index contributed by atoms with van der Waals surface area (Å²) in [6.45, 7) is 1.79. The standard InChI is InChI=1S/C10H15NO4/c1-7(15-11(2)14)5-8-3-4-9(12)10(13)6-8/h3-4,6-7,12-14H,5H2,1-2H3. The van der Waals surface area contributed by atoms with E-state index < -0.39 is 0 Å². The van der Waals surface area contributed by atoms with E-state index in [1.165, 1.54) is 19.2 Å². The molecule has 15 heavy (non-hydrogen) atoms. The van der Waals surface area contributed by atoms with Gasteiger partial charge in [-0.3, -0.25) is 10.0 Å². The molecule has 3 N–H and O–H groups in total. The summed E-state index contributed by atoms with van der Waals surface area (Å²) >= 11 is 0. The Hall–Kier alpha value is -1.30. The highest BCUT2D eigenvalue weighted by Crippen LogP contribution is 2.25. The summed E-state index contributed by atoms with van der Waals surface area (Å²) in [5.41, 5.74) is 0.819. The number of hydrogen-bond donors (Lipinski definition) is 3. The lowest BCUT2D eigenvalue weighted by molar-refractivity contribution is -0.342. The maximum atomic E-state index is 9.24. The molecule has 0 fully saturated rings. The van der Waals surface area contributed by atoms with Gasteiger partial charge in [0.05, 0.1) is 6.10 Å². The zero-order valence-electron chi connectivity index (χ0n) is 8.71. The summed E-state index contributed by atoms with van der Waals surface area (Å²) in [5.74, 6) is -0.302. The summed E-state index contributed by atoms with van der Waals surface area (Å²) in [4.78, 5) is 4.97. The Morgan fingerprint density at radius 3 is 2.53 bits per heavy atom. The monoisotopic (exact) mass is 213 g/mol. The molecule has 1 aromatic carbocycles. The first-order chi connectivity index (χ1) is 6.99. The van der Waals surface area contributed by atoms with Crippen molar-refractivity contribution in [2.24, 2.45) is 0 Å². The predicted molar refractivity (Wildman–Crippen MR) is 53.6 cm³/mol. The molecule has 0 heterocycles. The maximum Gasteiger partial charge on any atom is 0.157 e. The van der Waals surface area contributed by atoms with Crippen molar-refractivity contribution in [3.63, 3.8) is 0 Å². The predicted octanol–water partition coefficient (Wildman–Crippen LogP) is 1.28. The van der Waals surface area contributed by atoms with Crippen molar-refractivity contribution >= 4 is 0 Å². The molecule has 1 unspecified atom stereocenters. The van der Waals surface area contributed by atoms with Gasteiger partial charge in [-0.25, -0.2) is 0 Å². The van der Waals surface area contributed by atoms with E-state index in [0.29, 0.717) is 11.6 Å². The van der Waals surface area contributed by atoms with Gasteiger partial charge in [0.1, 0.15) is 0 Å². The molecule has 0 saturated heterocycles. The van der Waals surface area contributed by atoms with Crippen LogP contribution in [0.2, 0.25) is 0 Å². The Morgan fingerprint density at radius 1 is 1.33 bits per heavy atom. The Balaban J connectivity index is 2.60. The smallest absolute Gasteiger partial charge is 0.157 e. The topological polar surface area (TPSA) is 73.2 Å². The fourth-order valence-corrected chi connectivity index (χ4v) is 1.33. The van der Waals surface area contributed by atoms with Gasteiger partial charge in [0, 0.05) is 13.5 Å². The number of rotatable bonds is 4. The van der Waals surface area contributed by atoms with Crippen LogP contribution in [0.25, 0.3) is 0 Å². The van der Waals surface area contributed by atoms with E-state index >= 15 is 0 Å². The molecule has 1 rings (SSSR count). The van der Waals surface area contributed by atoms with Gasteiger partial charge in [0.25, 0.3) is 0 Å². The average molecular weight is 213 g/mol. The summed E-state index contributed by atoms with van der Waals surface area (Å²) < 4.78 is 0. The van der Waals surface area contributed by atoms with Crippen molar-refractivity contribution in [3.05, 3.63) is 23.8 Å². The minimum absolute atomic E-state index is 0.147. The van der Waals surface area contributed by atoms with Gasteiger partial charge in [0.2, 0.25) is 0 Å². The molecular weight excluding hydrogens is 198 g/mol. The van der Waals surface area contributed by atoms with Crippen LogP contribution < -0.4 is 0 Å². The second kappa shape index (κ2) is 4.97. The molecule has 0 aromatic heterocycles.